The first-order valence-electron chi connectivity index (χ1n) is 6.03. The molecule has 98 valence electrons. The van der Waals surface area contributed by atoms with Gasteiger partial charge >= 0.3 is 0 Å². The first-order valence-corrected chi connectivity index (χ1v) is 7.02. The van der Waals surface area contributed by atoms with Crippen LogP contribution in [0.15, 0.2) is 59.8 Å². The van der Waals surface area contributed by atoms with Crippen molar-refractivity contribution < 1.29 is 0 Å². The van der Waals surface area contributed by atoms with Crippen LogP contribution in [0, 0.1) is 0 Å². The highest BCUT2D eigenvalue weighted by atomic mass is 79.9. The van der Waals surface area contributed by atoms with E-state index in [4.69, 9.17) is 0 Å². The second-order valence-corrected chi connectivity index (χ2v) is 5.23. The number of aryl methyl sites for hydroxylation is 1. The van der Waals surface area contributed by atoms with Gasteiger partial charge in [0, 0.05) is 5.75 Å². The summed E-state index contributed by atoms with van der Waals surface area (Å²) in [5.41, 5.74) is 3.53. The lowest BCUT2D eigenvalue weighted by atomic mass is 10.2. The van der Waals surface area contributed by atoms with Gasteiger partial charge in [0.2, 0.25) is 0 Å². The number of aromatic amines is 1. The van der Waals surface area contributed by atoms with E-state index in [1.165, 1.54) is 5.56 Å². The molecular weight excluding hydrogens is 320 g/mol. The van der Waals surface area contributed by atoms with Crippen molar-refractivity contribution in [3.8, 4) is 0 Å². The van der Waals surface area contributed by atoms with E-state index in [2.05, 4.69) is 46.4 Å². The van der Waals surface area contributed by atoms with Crippen molar-refractivity contribution in [2.45, 2.75) is 11.6 Å². The molecule has 0 aliphatic heterocycles. The Morgan fingerprint density at radius 3 is 2.47 bits per heavy atom. The van der Waals surface area contributed by atoms with Crippen LogP contribution in [0.5, 0.6) is 0 Å². The normalized spacial score (nSPS) is 10.3. The maximum Gasteiger partial charge on any atom is 0.166 e. The molecule has 0 amide bonds. The molecule has 1 heterocycles. The first-order chi connectivity index (χ1) is 8.92. The third kappa shape index (κ3) is 3.61. The molecule has 0 aliphatic carbocycles. The fourth-order valence-electron chi connectivity index (χ4n) is 1.91. The van der Waals surface area contributed by atoms with Gasteiger partial charge in [0.25, 0.3) is 0 Å². The molecular formula is C15H15BrN2S. The van der Waals surface area contributed by atoms with Gasteiger partial charge < -0.3 is 4.98 Å². The number of thioether (sulfide) groups is 1. The SMILES string of the molecule is Br.c1ccc(CCSc2nc3ccccc3[nH]2)cc1. The second kappa shape index (κ2) is 6.78. The van der Waals surface area contributed by atoms with Crippen molar-refractivity contribution in [3.05, 3.63) is 60.2 Å². The third-order valence-electron chi connectivity index (χ3n) is 2.84. The number of aromatic nitrogens is 2. The van der Waals surface area contributed by atoms with Gasteiger partial charge in [-0.25, -0.2) is 4.98 Å². The molecule has 0 saturated heterocycles. The van der Waals surface area contributed by atoms with Crippen molar-refractivity contribution in [2.24, 2.45) is 0 Å². The number of imidazole rings is 1. The monoisotopic (exact) mass is 334 g/mol. The van der Waals surface area contributed by atoms with Crippen molar-refractivity contribution in [2.75, 3.05) is 5.75 Å². The van der Waals surface area contributed by atoms with Crippen molar-refractivity contribution in [1.82, 2.24) is 9.97 Å². The van der Waals surface area contributed by atoms with E-state index < -0.39 is 0 Å². The van der Waals surface area contributed by atoms with Gasteiger partial charge in [-0.1, -0.05) is 54.2 Å². The molecule has 0 bridgehead atoms. The number of H-pyrrole nitrogens is 1. The summed E-state index contributed by atoms with van der Waals surface area (Å²) in [6.07, 6.45) is 1.07. The molecule has 1 aromatic heterocycles. The summed E-state index contributed by atoms with van der Waals surface area (Å²) in [6, 6.07) is 18.7. The van der Waals surface area contributed by atoms with E-state index in [-0.39, 0.29) is 17.0 Å². The zero-order valence-corrected chi connectivity index (χ0v) is 12.9. The Labute approximate surface area is 127 Å². The quantitative estimate of drug-likeness (QED) is 0.713. The Hall–Kier alpha value is -1.26. The van der Waals surface area contributed by atoms with Crippen LogP contribution >= 0.6 is 28.7 Å². The van der Waals surface area contributed by atoms with Gasteiger partial charge in [-0.2, -0.15) is 0 Å². The van der Waals surface area contributed by atoms with E-state index in [9.17, 15) is 0 Å². The van der Waals surface area contributed by atoms with E-state index in [0.29, 0.717) is 0 Å². The molecule has 2 aromatic carbocycles. The van der Waals surface area contributed by atoms with Crippen LogP contribution < -0.4 is 0 Å². The molecule has 0 fully saturated rings. The molecule has 0 unspecified atom stereocenters. The molecule has 4 heteroatoms. The minimum atomic E-state index is 0. The Bertz CT molecular complexity index is 604. The summed E-state index contributed by atoms with van der Waals surface area (Å²) < 4.78 is 0. The Morgan fingerprint density at radius 2 is 1.68 bits per heavy atom. The van der Waals surface area contributed by atoms with Crippen molar-refractivity contribution in [3.63, 3.8) is 0 Å². The zero-order valence-electron chi connectivity index (χ0n) is 10.4. The topological polar surface area (TPSA) is 28.7 Å². The second-order valence-electron chi connectivity index (χ2n) is 4.14. The lowest BCUT2D eigenvalue weighted by Crippen LogP contribution is -1.88. The number of halogens is 1. The van der Waals surface area contributed by atoms with E-state index in [0.717, 1.165) is 28.4 Å². The molecule has 0 saturated carbocycles. The van der Waals surface area contributed by atoms with E-state index >= 15 is 0 Å². The zero-order chi connectivity index (χ0) is 12.2. The maximum atomic E-state index is 4.55. The summed E-state index contributed by atoms with van der Waals surface area (Å²) in [5, 5.41) is 1.01. The Balaban J connectivity index is 0.00000133. The van der Waals surface area contributed by atoms with Crippen LogP contribution in [0.2, 0.25) is 0 Å². The minimum absolute atomic E-state index is 0. The molecule has 1 N–H and O–H groups in total. The predicted octanol–water partition coefficient (Wildman–Crippen LogP) is 4.48. The highest BCUT2D eigenvalue weighted by Crippen LogP contribution is 2.19. The average molecular weight is 335 g/mol. The summed E-state index contributed by atoms with van der Waals surface area (Å²) in [4.78, 5) is 7.88. The number of fused-ring (bicyclic) bond motifs is 1. The van der Waals surface area contributed by atoms with Crippen molar-refractivity contribution in [1.29, 1.82) is 0 Å². The van der Waals surface area contributed by atoms with Crippen LogP contribution in [0.4, 0.5) is 0 Å². The molecule has 0 atom stereocenters. The number of nitrogens with zero attached hydrogens (tertiary/aromatic N) is 1. The number of benzene rings is 2. The maximum absolute atomic E-state index is 4.55. The fourth-order valence-corrected chi connectivity index (χ4v) is 2.78. The predicted molar refractivity (Wildman–Crippen MR) is 87.3 cm³/mol. The summed E-state index contributed by atoms with van der Waals surface area (Å²) in [6.45, 7) is 0. The van der Waals surface area contributed by atoms with E-state index in [1.807, 2.05) is 18.2 Å². The number of para-hydroxylation sites is 2. The number of rotatable bonds is 4. The molecule has 19 heavy (non-hydrogen) atoms. The van der Waals surface area contributed by atoms with Gasteiger partial charge in [-0.3, -0.25) is 0 Å². The standard InChI is InChI=1S/C15H14N2S.BrH/c1-2-6-12(7-3-1)10-11-18-15-16-13-8-4-5-9-14(13)17-15;/h1-9H,10-11H2,(H,16,17);1H. The van der Waals surface area contributed by atoms with Gasteiger partial charge in [0.1, 0.15) is 0 Å². The summed E-state index contributed by atoms with van der Waals surface area (Å²) in [7, 11) is 0. The first kappa shape index (κ1) is 14.2. The van der Waals surface area contributed by atoms with Crippen LogP contribution in [-0.2, 0) is 6.42 Å². The van der Waals surface area contributed by atoms with Gasteiger partial charge in [-0.05, 0) is 24.1 Å². The highest BCUT2D eigenvalue weighted by Gasteiger charge is 2.02. The molecule has 0 radical (unpaired) electrons. The summed E-state index contributed by atoms with van der Waals surface area (Å²) >= 11 is 1.77. The smallest absolute Gasteiger partial charge is 0.166 e. The van der Waals surface area contributed by atoms with Gasteiger partial charge in [-0.15, -0.1) is 17.0 Å². The molecule has 3 rings (SSSR count). The largest absolute Gasteiger partial charge is 0.333 e. The molecule has 0 spiro atoms. The number of nitrogens with one attached hydrogen (secondary N) is 1. The van der Waals surface area contributed by atoms with Crippen molar-refractivity contribution >= 4 is 39.8 Å². The minimum Gasteiger partial charge on any atom is -0.333 e. The van der Waals surface area contributed by atoms with Crippen LogP contribution in [-0.4, -0.2) is 15.7 Å². The molecule has 2 nitrogen and oxygen atoms in total. The Morgan fingerprint density at radius 1 is 0.947 bits per heavy atom. The van der Waals surface area contributed by atoms with Crippen LogP contribution in [0.3, 0.4) is 0 Å². The van der Waals surface area contributed by atoms with Gasteiger partial charge in [0.15, 0.2) is 5.16 Å². The molecule has 3 aromatic rings. The summed E-state index contributed by atoms with van der Waals surface area (Å²) in [5.74, 6) is 1.05. The average Bonchev–Trinajstić information content (AvgIpc) is 2.82. The number of hydrogen-bond donors (Lipinski definition) is 1. The van der Waals surface area contributed by atoms with Crippen LogP contribution in [0.1, 0.15) is 5.56 Å². The lowest BCUT2D eigenvalue weighted by molar-refractivity contribution is 1.07. The fraction of sp³-hybridized carbons (Fsp3) is 0.133. The highest BCUT2D eigenvalue weighted by molar-refractivity contribution is 8.93. The van der Waals surface area contributed by atoms with E-state index in [1.54, 1.807) is 11.8 Å². The lowest BCUT2D eigenvalue weighted by Gasteiger charge is -1.98. The van der Waals surface area contributed by atoms with Gasteiger partial charge in [0.05, 0.1) is 11.0 Å². The van der Waals surface area contributed by atoms with Crippen LogP contribution in [0.25, 0.3) is 11.0 Å². The Kier molecular flexibility index (Phi) is 5.05. The number of hydrogen-bond acceptors (Lipinski definition) is 2. The third-order valence-corrected chi connectivity index (χ3v) is 3.72. The molecule has 0 aliphatic rings.